The quantitative estimate of drug-likeness (QED) is 0.702. The third-order valence-corrected chi connectivity index (χ3v) is 4.07. The second-order valence-corrected chi connectivity index (χ2v) is 5.32. The topological polar surface area (TPSA) is 25.8 Å². The van der Waals surface area contributed by atoms with E-state index >= 15 is 0 Å². The maximum absolute atomic E-state index is 14.0. The van der Waals surface area contributed by atoms with Crippen LogP contribution in [0, 0.1) is 11.6 Å². The van der Waals surface area contributed by atoms with Gasteiger partial charge >= 0.3 is 0 Å². The van der Waals surface area contributed by atoms with Crippen molar-refractivity contribution in [1.82, 2.24) is 9.97 Å². The minimum Gasteiger partial charge on any atom is -0.252 e. The van der Waals surface area contributed by atoms with Crippen molar-refractivity contribution in [2.24, 2.45) is 0 Å². The first-order chi connectivity index (χ1) is 8.75. The fourth-order valence-corrected chi connectivity index (χ4v) is 2.90. The second kappa shape index (κ2) is 4.55. The molecular weight excluding hydrogens is 274 g/mol. The van der Waals surface area contributed by atoms with Gasteiger partial charge in [0.05, 0.1) is 20.8 Å². The Balaban J connectivity index is 2.15. The molecule has 2 aromatic heterocycles. The van der Waals surface area contributed by atoms with Crippen molar-refractivity contribution in [3.05, 3.63) is 47.2 Å². The van der Waals surface area contributed by atoms with E-state index in [2.05, 4.69) is 9.97 Å². The number of hydrogen-bond donors (Lipinski definition) is 0. The summed E-state index contributed by atoms with van der Waals surface area (Å²) in [5, 5.41) is 0. The largest absolute Gasteiger partial charge is 0.252 e. The van der Waals surface area contributed by atoms with Gasteiger partial charge in [0.25, 0.3) is 0 Å². The number of rotatable bonds is 2. The van der Waals surface area contributed by atoms with Crippen LogP contribution in [0.5, 0.6) is 0 Å². The van der Waals surface area contributed by atoms with Crippen LogP contribution in [0.15, 0.2) is 35.5 Å². The zero-order valence-electron chi connectivity index (χ0n) is 8.93. The van der Waals surface area contributed by atoms with Gasteiger partial charge in [-0.15, -0.1) is 22.7 Å². The highest BCUT2D eigenvalue weighted by molar-refractivity contribution is 7.13. The van der Waals surface area contributed by atoms with Gasteiger partial charge < -0.3 is 0 Å². The molecule has 6 heteroatoms. The molecule has 0 aliphatic carbocycles. The van der Waals surface area contributed by atoms with Crippen LogP contribution >= 0.6 is 22.7 Å². The summed E-state index contributed by atoms with van der Waals surface area (Å²) in [6.45, 7) is 0. The predicted molar refractivity (Wildman–Crippen MR) is 68.6 cm³/mol. The Morgan fingerprint density at radius 1 is 0.778 bits per heavy atom. The first kappa shape index (κ1) is 11.4. The van der Waals surface area contributed by atoms with Gasteiger partial charge in [-0.2, -0.15) is 0 Å². The van der Waals surface area contributed by atoms with Crippen LogP contribution in [0.1, 0.15) is 0 Å². The first-order valence-corrected chi connectivity index (χ1v) is 6.78. The number of aromatic nitrogens is 2. The molecule has 0 bridgehead atoms. The molecular formula is C12H6F2N2S2. The second-order valence-electron chi connectivity index (χ2n) is 3.54. The van der Waals surface area contributed by atoms with Crippen molar-refractivity contribution < 1.29 is 8.78 Å². The molecule has 0 aliphatic rings. The summed E-state index contributed by atoms with van der Waals surface area (Å²) in [6.07, 6.45) is 3.05. The van der Waals surface area contributed by atoms with E-state index in [4.69, 9.17) is 0 Å². The lowest BCUT2D eigenvalue weighted by Gasteiger charge is -2.04. The van der Waals surface area contributed by atoms with Gasteiger partial charge in [-0.05, 0) is 12.1 Å². The Morgan fingerprint density at radius 2 is 1.22 bits per heavy atom. The molecule has 18 heavy (non-hydrogen) atoms. The summed E-state index contributed by atoms with van der Waals surface area (Å²) >= 11 is 2.55. The van der Waals surface area contributed by atoms with Crippen LogP contribution in [-0.2, 0) is 0 Å². The third-order valence-electron chi connectivity index (χ3n) is 2.45. The average molecular weight is 280 g/mol. The SMILES string of the molecule is Fc1cc(-c2cncs2)c(F)cc1-c1cncs1. The molecule has 0 saturated heterocycles. The molecule has 0 radical (unpaired) electrons. The van der Waals surface area contributed by atoms with E-state index in [1.165, 1.54) is 47.2 Å². The first-order valence-electron chi connectivity index (χ1n) is 5.02. The van der Waals surface area contributed by atoms with Gasteiger partial charge in [-0.1, -0.05) is 0 Å². The monoisotopic (exact) mass is 280 g/mol. The number of halogens is 2. The van der Waals surface area contributed by atoms with Gasteiger partial charge in [-0.25, -0.2) is 8.78 Å². The zero-order chi connectivity index (χ0) is 12.5. The van der Waals surface area contributed by atoms with Crippen molar-refractivity contribution >= 4 is 22.7 Å². The maximum Gasteiger partial charge on any atom is 0.132 e. The van der Waals surface area contributed by atoms with Gasteiger partial charge in [0, 0.05) is 23.5 Å². The normalized spacial score (nSPS) is 10.8. The van der Waals surface area contributed by atoms with Crippen molar-refractivity contribution in [1.29, 1.82) is 0 Å². The Bertz CT molecular complexity index is 604. The van der Waals surface area contributed by atoms with Crippen molar-refractivity contribution in [2.75, 3.05) is 0 Å². The lowest BCUT2D eigenvalue weighted by atomic mass is 10.1. The summed E-state index contributed by atoms with van der Waals surface area (Å²) in [5.41, 5.74) is 3.65. The molecule has 2 nitrogen and oxygen atoms in total. The zero-order valence-corrected chi connectivity index (χ0v) is 10.6. The van der Waals surface area contributed by atoms with Crippen LogP contribution in [-0.4, -0.2) is 9.97 Å². The highest BCUT2D eigenvalue weighted by atomic mass is 32.1. The standard InChI is InChI=1S/C12H6F2N2S2/c13-9-1-7(11-3-15-5-17-11)10(14)2-8(9)12-4-16-6-18-12/h1-6H. The van der Waals surface area contributed by atoms with E-state index in [1.807, 2.05) is 0 Å². The van der Waals surface area contributed by atoms with E-state index in [-0.39, 0.29) is 11.1 Å². The van der Waals surface area contributed by atoms with Gasteiger partial charge in [-0.3, -0.25) is 9.97 Å². The Hall–Kier alpha value is -1.66. The van der Waals surface area contributed by atoms with Crippen LogP contribution in [0.4, 0.5) is 8.78 Å². The molecule has 0 N–H and O–H groups in total. The summed E-state index contributed by atoms with van der Waals surface area (Å²) in [5.74, 6) is -0.909. The average Bonchev–Trinajstić information content (AvgIpc) is 3.02. The molecule has 0 saturated carbocycles. The summed E-state index contributed by atoms with van der Waals surface area (Å²) in [4.78, 5) is 8.95. The highest BCUT2D eigenvalue weighted by Gasteiger charge is 2.14. The minimum atomic E-state index is -0.455. The lowest BCUT2D eigenvalue weighted by Crippen LogP contribution is -1.89. The van der Waals surface area contributed by atoms with Crippen molar-refractivity contribution in [3.8, 4) is 20.9 Å². The van der Waals surface area contributed by atoms with Gasteiger partial charge in [0.2, 0.25) is 0 Å². The molecule has 3 rings (SSSR count). The van der Waals surface area contributed by atoms with E-state index in [0.717, 1.165) is 0 Å². The van der Waals surface area contributed by atoms with E-state index in [0.29, 0.717) is 9.75 Å². The maximum atomic E-state index is 14.0. The molecule has 0 amide bonds. The number of thiazole rings is 2. The predicted octanol–water partition coefficient (Wildman–Crippen LogP) is 4.21. The molecule has 2 heterocycles. The van der Waals surface area contributed by atoms with Gasteiger partial charge in [0.15, 0.2) is 0 Å². The van der Waals surface area contributed by atoms with Crippen LogP contribution in [0.2, 0.25) is 0 Å². The number of nitrogens with zero attached hydrogens (tertiary/aromatic N) is 2. The molecule has 0 unspecified atom stereocenters. The molecule has 0 atom stereocenters. The Morgan fingerprint density at radius 3 is 1.56 bits per heavy atom. The van der Waals surface area contributed by atoms with Crippen LogP contribution in [0.25, 0.3) is 20.9 Å². The Kier molecular flexibility index (Phi) is 2.89. The van der Waals surface area contributed by atoms with E-state index in [9.17, 15) is 8.78 Å². The summed E-state index contributed by atoms with van der Waals surface area (Å²) < 4.78 is 28.0. The fourth-order valence-electron chi connectivity index (χ4n) is 1.62. The lowest BCUT2D eigenvalue weighted by molar-refractivity contribution is 0.606. The van der Waals surface area contributed by atoms with E-state index in [1.54, 1.807) is 11.0 Å². The molecule has 0 spiro atoms. The third kappa shape index (κ3) is 1.93. The molecule has 0 fully saturated rings. The van der Waals surface area contributed by atoms with Crippen molar-refractivity contribution in [2.45, 2.75) is 0 Å². The van der Waals surface area contributed by atoms with Crippen LogP contribution in [0.3, 0.4) is 0 Å². The summed E-state index contributed by atoms with van der Waals surface area (Å²) in [7, 11) is 0. The number of benzene rings is 1. The smallest absolute Gasteiger partial charge is 0.132 e. The van der Waals surface area contributed by atoms with Crippen LogP contribution < -0.4 is 0 Å². The fraction of sp³-hybridized carbons (Fsp3) is 0. The minimum absolute atomic E-state index is 0.239. The molecule has 1 aromatic carbocycles. The molecule has 90 valence electrons. The van der Waals surface area contributed by atoms with E-state index < -0.39 is 11.6 Å². The summed E-state index contributed by atoms with van der Waals surface area (Å²) in [6, 6.07) is 2.41. The highest BCUT2D eigenvalue weighted by Crippen LogP contribution is 2.33. The van der Waals surface area contributed by atoms with Gasteiger partial charge in [0.1, 0.15) is 11.6 Å². The molecule has 3 aromatic rings. The Labute approximate surface area is 110 Å². The van der Waals surface area contributed by atoms with Crippen molar-refractivity contribution in [3.63, 3.8) is 0 Å². The number of hydrogen-bond acceptors (Lipinski definition) is 4. The molecule has 0 aliphatic heterocycles.